The van der Waals surface area contributed by atoms with Gasteiger partial charge in [0.15, 0.2) is 0 Å². The number of halogens is 2. The molecular weight excluding hydrogens is 504 g/mol. The van der Waals surface area contributed by atoms with Gasteiger partial charge in [0, 0.05) is 25.2 Å². The number of hydrogen-bond acceptors (Lipinski definition) is 6. The third-order valence-corrected chi connectivity index (χ3v) is 7.00. The van der Waals surface area contributed by atoms with Gasteiger partial charge in [0.25, 0.3) is 11.8 Å². The summed E-state index contributed by atoms with van der Waals surface area (Å²) in [6.45, 7) is 1.64. The molecule has 1 unspecified atom stereocenters. The number of fused-ring (bicyclic) bond motifs is 1. The lowest BCUT2D eigenvalue weighted by molar-refractivity contribution is 0.0911. The van der Waals surface area contributed by atoms with Crippen LogP contribution in [0.2, 0.25) is 0 Å². The van der Waals surface area contributed by atoms with Crippen molar-refractivity contribution in [2.24, 2.45) is 5.92 Å². The summed E-state index contributed by atoms with van der Waals surface area (Å²) in [6.07, 6.45) is 1.64. The molecule has 4 aromatic rings. The minimum Gasteiger partial charge on any atom is -0.437 e. The summed E-state index contributed by atoms with van der Waals surface area (Å²) >= 11 is 0. The number of carbonyl (C=O) groups excluding carboxylic acids is 2. The lowest BCUT2D eigenvalue weighted by Crippen LogP contribution is -2.46. The average molecular weight is 530 g/mol. The highest BCUT2D eigenvalue weighted by Crippen LogP contribution is 2.40. The summed E-state index contributed by atoms with van der Waals surface area (Å²) in [4.78, 5) is 30.5. The van der Waals surface area contributed by atoms with E-state index in [0.717, 1.165) is 12.8 Å². The minimum atomic E-state index is -1.09. The predicted molar refractivity (Wildman–Crippen MR) is 142 cm³/mol. The van der Waals surface area contributed by atoms with Crippen LogP contribution in [0.3, 0.4) is 0 Å². The van der Waals surface area contributed by atoms with E-state index < -0.39 is 29.0 Å². The van der Waals surface area contributed by atoms with Crippen molar-refractivity contribution in [3.8, 4) is 28.5 Å². The Balaban J connectivity index is 1.64. The molecule has 0 spiro atoms. The van der Waals surface area contributed by atoms with E-state index in [4.69, 9.17) is 4.42 Å². The zero-order chi connectivity index (χ0) is 27.9. The number of benzene rings is 2. The Morgan fingerprint density at radius 1 is 1.05 bits per heavy atom. The summed E-state index contributed by atoms with van der Waals surface area (Å²) in [5.74, 6) is -1.70. The molecule has 0 radical (unpaired) electrons. The fourth-order valence-corrected chi connectivity index (χ4v) is 4.64. The minimum absolute atomic E-state index is 0.0275. The number of nitrogens with one attached hydrogen (secondary N) is 3. The molecule has 2 aromatic carbocycles. The number of nitrogens with zero attached hydrogens (tertiary/aromatic N) is 2. The molecule has 39 heavy (non-hydrogen) atoms. The summed E-state index contributed by atoms with van der Waals surface area (Å²) in [6, 6.07) is 13.4. The largest absolute Gasteiger partial charge is 0.437 e. The molecule has 1 aliphatic rings. The summed E-state index contributed by atoms with van der Waals surface area (Å²) in [5.41, 5.74) is 0.477. The zero-order valence-corrected chi connectivity index (χ0v) is 21.5. The van der Waals surface area contributed by atoms with Crippen LogP contribution in [-0.4, -0.2) is 36.4 Å². The molecule has 0 aliphatic heterocycles. The maximum absolute atomic E-state index is 14.8. The Labute approximate surface area is 223 Å². The van der Waals surface area contributed by atoms with Crippen LogP contribution >= 0.6 is 0 Å². The third kappa shape index (κ3) is 4.68. The van der Waals surface area contributed by atoms with Crippen LogP contribution in [0.15, 0.2) is 52.9 Å². The fourth-order valence-electron chi connectivity index (χ4n) is 4.64. The Morgan fingerprint density at radius 3 is 2.36 bits per heavy atom. The highest BCUT2D eigenvalue weighted by molar-refractivity contribution is 6.11. The lowest BCUT2D eigenvalue weighted by atomic mass is 9.96. The summed E-state index contributed by atoms with van der Waals surface area (Å²) < 4.78 is 34.3. The molecule has 198 valence electrons. The maximum atomic E-state index is 14.8. The maximum Gasteiger partial charge on any atom is 0.255 e. The van der Waals surface area contributed by atoms with Gasteiger partial charge < -0.3 is 20.4 Å². The Morgan fingerprint density at radius 2 is 1.74 bits per heavy atom. The SMILES string of the molecule is CNC(=O)c1c(-c2ccc(F)cc2)oc2nc(NC)c(-c3ccc(F)c(C(=O)NC(C)(C#N)C4CC4)c3)cc12. The number of rotatable bonds is 7. The first-order chi connectivity index (χ1) is 18.7. The van der Waals surface area contributed by atoms with E-state index in [1.165, 1.54) is 49.5 Å². The lowest BCUT2D eigenvalue weighted by Gasteiger charge is -2.23. The second kappa shape index (κ2) is 9.83. The van der Waals surface area contributed by atoms with Gasteiger partial charge in [0.2, 0.25) is 5.71 Å². The standard InChI is InChI=1S/C29H25F2N5O3/c1-29(14-32,17-7-8-17)36-26(37)20-12-16(6-11-22(20)31)19-13-21-23(27(38)34-3)24(15-4-9-18(30)10-5-15)39-28(21)35-25(19)33-2/h4-6,9-13,17H,7-8H2,1-3H3,(H,33,35)(H,34,38)(H,36,37). The monoisotopic (exact) mass is 529 g/mol. The molecule has 0 saturated heterocycles. The van der Waals surface area contributed by atoms with Crippen LogP contribution < -0.4 is 16.0 Å². The van der Waals surface area contributed by atoms with E-state index in [-0.39, 0.29) is 28.5 Å². The zero-order valence-electron chi connectivity index (χ0n) is 21.5. The molecular formula is C29H25F2N5O3. The number of pyridine rings is 1. The molecule has 10 heteroatoms. The van der Waals surface area contributed by atoms with Gasteiger partial charge >= 0.3 is 0 Å². The van der Waals surface area contributed by atoms with E-state index in [1.54, 1.807) is 20.0 Å². The molecule has 0 bridgehead atoms. The molecule has 1 saturated carbocycles. The van der Waals surface area contributed by atoms with Crippen LogP contribution in [0, 0.1) is 28.9 Å². The molecule has 1 atom stereocenters. The molecule has 5 rings (SSSR count). The first-order valence-electron chi connectivity index (χ1n) is 12.4. The van der Waals surface area contributed by atoms with E-state index >= 15 is 0 Å². The van der Waals surface area contributed by atoms with E-state index in [1.807, 2.05) is 0 Å². The molecule has 3 N–H and O–H groups in total. The van der Waals surface area contributed by atoms with Gasteiger partial charge in [-0.15, -0.1) is 0 Å². The summed E-state index contributed by atoms with van der Waals surface area (Å²) in [7, 11) is 3.12. The quantitative estimate of drug-likeness (QED) is 0.300. The van der Waals surface area contributed by atoms with E-state index in [9.17, 15) is 23.6 Å². The molecule has 1 aliphatic carbocycles. The van der Waals surface area contributed by atoms with Gasteiger partial charge in [-0.05, 0) is 73.7 Å². The number of hydrogen-bond donors (Lipinski definition) is 3. The number of furan rings is 1. The first-order valence-corrected chi connectivity index (χ1v) is 12.4. The van der Waals surface area contributed by atoms with Crippen molar-refractivity contribution in [1.82, 2.24) is 15.6 Å². The van der Waals surface area contributed by atoms with Crippen molar-refractivity contribution in [3.05, 3.63) is 71.3 Å². The third-order valence-electron chi connectivity index (χ3n) is 7.00. The van der Waals surface area contributed by atoms with E-state index in [0.29, 0.717) is 27.9 Å². The fraction of sp³-hybridized carbons (Fsp3) is 0.241. The van der Waals surface area contributed by atoms with Gasteiger partial charge in [0.05, 0.1) is 22.6 Å². The van der Waals surface area contributed by atoms with E-state index in [2.05, 4.69) is 27.0 Å². The second-order valence-corrected chi connectivity index (χ2v) is 9.62. The Kier molecular flexibility index (Phi) is 6.52. The number of carbonyl (C=O) groups is 2. The van der Waals surface area contributed by atoms with Crippen molar-refractivity contribution in [2.75, 3.05) is 19.4 Å². The van der Waals surface area contributed by atoms with Crippen molar-refractivity contribution < 1.29 is 22.8 Å². The topological polar surface area (TPSA) is 120 Å². The average Bonchev–Trinajstić information content (AvgIpc) is 3.74. The molecule has 1 fully saturated rings. The van der Waals surface area contributed by atoms with Gasteiger partial charge in [-0.25, -0.2) is 8.78 Å². The van der Waals surface area contributed by atoms with Gasteiger partial charge in [-0.1, -0.05) is 6.07 Å². The van der Waals surface area contributed by atoms with Gasteiger partial charge in [-0.2, -0.15) is 10.2 Å². The Hall–Kier alpha value is -4.78. The first kappa shape index (κ1) is 25.9. The van der Waals surface area contributed by atoms with Gasteiger partial charge in [0.1, 0.15) is 28.8 Å². The van der Waals surface area contributed by atoms with Crippen LogP contribution in [-0.2, 0) is 0 Å². The van der Waals surface area contributed by atoms with Crippen molar-refractivity contribution in [2.45, 2.75) is 25.3 Å². The number of aromatic nitrogens is 1. The number of anilines is 1. The molecule has 2 heterocycles. The smallest absolute Gasteiger partial charge is 0.255 e. The Bertz CT molecular complexity index is 1650. The molecule has 8 nitrogen and oxygen atoms in total. The van der Waals surface area contributed by atoms with Crippen molar-refractivity contribution >= 4 is 28.7 Å². The highest BCUT2D eigenvalue weighted by atomic mass is 19.1. The van der Waals surface area contributed by atoms with Crippen LogP contribution in [0.1, 0.15) is 40.5 Å². The summed E-state index contributed by atoms with van der Waals surface area (Å²) in [5, 5.41) is 18.3. The number of amides is 2. The second-order valence-electron chi connectivity index (χ2n) is 9.62. The van der Waals surface area contributed by atoms with Crippen LogP contribution in [0.25, 0.3) is 33.6 Å². The molecule has 2 aromatic heterocycles. The predicted octanol–water partition coefficient (Wildman–Crippen LogP) is 5.26. The van der Waals surface area contributed by atoms with Crippen LogP contribution in [0.5, 0.6) is 0 Å². The molecule has 2 amide bonds. The van der Waals surface area contributed by atoms with Crippen LogP contribution in [0.4, 0.5) is 14.6 Å². The number of nitriles is 1. The normalized spacial score (nSPS) is 14.4. The van der Waals surface area contributed by atoms with Crippen molar-refractivity contribution in [1.29, 1.82) is 5.26 Å². The van der Waals surface area contributed by atoms with Crippen molar-refractivity contribution in [3.63, 3.8) is 0 Å². The highest BCUT2D eigenvalue weighted by Gasteiger charge is 2.43. The van der Waals surface area contributed by atoms with Gasteiger partial charge in [-0.3, -0.25) is 9.59 Å².